The summed E-state index contributed by atoms with van der Waals surface area (Å²) in [7, 11) is 0. The summed E-state index contributed by atoms with van der Waals surface area (Å²) < 4.78 is 14.1. The molecule has 8 heteroatoms. The largest absolute Gasteiger partial charge is 0.309 e. The molecular formula is C86H50N8. The van der Waals surface area contributed by atoms with E-state index in [0.29, 0.717) is 22.5 Å². The highest BCUT2D eigenvalue weighted by Gasteiger charge is 2.26. The number of hydrogen-bond donors (Lipinski definition) is 0. The number of aromatic nitrogens is 6. The number of hydrogen-bond acceptors (Lipinski definition) is 2. The van der Waals surface area contributed by atoms with Crippen LogP contribution in [0.15, 0.2) is 303 Å². The van der Waals surface area contributed by atoms with Crippen molar-refractivity contribution < 1.29 is 0 Å². The van der Waals surface area contributed by atoms with Crippen LogP contribution < -0.4 is 0 Å². The minimum atomic E-state index is 0.494. The zero-order chi connectivity index (χ0) is 61.9. The third-order valence-electron chi connectivity index (χ3n) is 19.8. The fourth-order valence-corrected chi connectivity index (χ4v) is 15.9. The van der Waals surface area contributed by atoms with E-state index in [1.54, 1.807) is 0 Å². The van der Waals surface area contributed by atoms with Gasteiger partial charge in [-0.3, -0.25) is 0 Å². The molecule has 8 nitrogen and oxygen atoms in total. The van der Waals surface area contributed by atoms with Crippen molar-refractivity contribution in [2.75, 3.05) is 0 Å². The second kappa shape index (κ2) is 19.7. The number of nitrogens with zero attached hydrogens (tertiary/aromatic N) is 8. The maximum absolute atomic E-state index is 12.4. The molecule has 0 spiro atoms. The smallest absolute Gasteiger partial charge is 0.104 e. The van der Waals surface area contributed by atoms with E-state index in [0.717, 1.165) is 122 Å². The van der Waals surface area contributed by atoms with Gasteiger partial charge in [0.15, 0.2) is 0 Å². The van der Waals surface area contributed by atoms with Crippen LogP contribution >= 0.6 is 0 Å². The number of rotatable bonds is 7. The Balaban J connectivity index is 0.897. The molecule has 0 atom stereocenters. The zero-order valence-electron chi connectivity index (χ0n) is 50.4. The van der Waals surface area contributed by atoms with Crippen LogP contribution in [0.4, 0.5) is 0 Å². The van der Waals surface area contributed by atoms with Crippen molar-refractivity contribution in [3.05, 3.63) is 314 Å². The average Bonchev–Trinajstić information content (AvgIpc) is 1.55. The Morgan fingerprint density at radius 2 is 0.447 bits per heavy atom. The third kappa shape index (κ3) is 7.25. The van der Waals surface area contributed by atoms with Gasteiger partial charge in [0.2, 0.25) is 0 Å². The summed E-state index contributed by atoms with van der Waals surface area (Å²) in [5, 5.41) is 36.5. The summed E-state index contributed by atoms with van der Waals surface area (Å²) in [6.07, 6.45) is 0. The van der Waals surface area contributed by atoms with Gasteiger partial charge in [0.05, 0.1) is 89.2 Å². The molecule has 0 fully saturated rings. The van der Waals surface area contributed by atoms with E-state index in [9.17, 15) is 10.5 Å². The second-order valence-corrected chi connectivity index (χ2v) is 24.6. The van der Waals surface area contributed by atoms with Gasteiger partial charge in [0, 0.05) is 87.4 Å². The molecule has 0 unspecified atom stereocenters. The highest BCUT2D eigenvalue weighted by Crippen LogP contribution is 2.45. The van der Waals surface area contributed by atoms with Crippen molar-refractivity contribution in [2.24, 2.45) is 0 Å². The number of nitriles is 2. The molecular weight excluding hydrogens is 1150 g/mol. The summed E-state index contributed by atoms with van der Waals surface area (Å²) >= 11 is 0. The van der Waals surface area contributed by atoms with Gasteiger partial charge in [-0.05, 0) is 157 Å². The molecule has 0 aliphatic carbocycles. The van der Waals surface area contributed by atoms with Gasteiger partial charge in [-0.2, -0.15) is 10.5 Å². The molecule has 0 saturated carbocycles. The molecule has 0 N–H and O–H groups in total. The van der Waals surface area contributed by atoms with E-state index >= 15 is 0 Å². The standard InChI is InChI=1S/C86H50N8/c87-51-53-18-17-19-54(44-53)55-45-85(93-81-40-36-56(89-73-28-9-1-20-60(73)61-21-2-10-29-74(61)89)47-68(81)69-48-57(37-41-82(69)93)90-75-30-11-3-22-62(75)63-23-4-12-31-76(63)90)72(52-88)86(46-55)94-83-42-38-58(91-77-32-13-5-24-64(77)65-25-6-14-33-78(65)91)49-70(83)71-50-59(39-43-84(71)94)92-79-34-15-7-26-66(79)67-27-8-16-35-80(67)92/h1-50H. The molecule has 0 bridgehead atoms. The van der Waals surface area contributed by atoms with Gasteiger partial charge in [0.25, 0.3) is 0 Å². The molecule has 20 aromatic rings. The van der Waals surface area contributed by atoms with Gasteiger partial charge in [-0.15, -0.1) is 0 Å². The highest BCUT2D eigenvalue weighted by atomic mass is 15.1. The highest BCUT2D eigenvalue weighted by molar-refractivity contribution is 6.17. The van der Waals surface area contributed by atoms with Crippen molar-refractivity contribution in [1.82, 2.24) is 27.4 Å². The normalized spacial score (nSPS) is 12.0. The molecule has 0 aliphatic rings. The Kier molecular flexibility index (Phi) is 10.8. The monoisotopic (exact) mass is 1190 g/mol. The first kappa shape index (κ1) is 51.7. The lowest BCUT2D eigenvalue weighted by atomic mass is 9.98. The molecule has 0 radical (unpaired) electrons. The Morgan fingerprint density at radius 1 is 0.191 bits per heavy atom. The molecule has 94 heavy (non-hydrogen) atoms. The fraction of sp³-hybridized carbons (Fsp3) is 0. The van der Waals surface area contributed by atoms with Gasteiger partial charge in [-0.25, -0.2) is 0 Å². The van der Waals surface area contributed by atoms with Crippen LogP contribution in [0.25, 0.3) is 176 Å². The van der Waals surface area contributed by atoms with Gasteiger partial charge in [-0.1, -0.05) is 158 Å². The van der Waals surface area contributed by atoms with Gasteiger partial charge in [0.1, 0.15) is 11.6 Å². The molecule has 0 saturated heterocycles. The van der Waals surface area contributed by atoms with E-state index in [-0.39, 0.29) is 0 Å². The van der Waals surface area contributed by atoms with Crippen LogP contribution in [0.2, 0.25) is 0 Å². The summed E-state index contributed by atoms with van der Waals surface area (Å²) in [4.78, 5) is 0. The van der Waals surface area contributed by atoms with Crippen LogP contribution in [0.1, 0.15) is 11.1 Å². The first-order valence-electron chi connectivity index (χ1n) is 31.8. The lowest BCUT2D eigenvalue weighted by Crippen LogP contribution is -2.05. The van der Waals surface area contributed by atoms with E-state index in [2.05, 4.69) is 325 Å². The van der Waals surface area contributed by atoms with Gasteiger partial charge < -0.3 is 27.4 Å². The first-order chi connectivity index (χ1) is 46.6. The van der Waals surface area contributed by atoms with Crippen molar-refractivity contribution in [1.29, 1.82) is 10.5 Å². The molecule has 434 valence electrons. The molecule has 14 aromatic carbocycles. The third-order valence-corrected chi connectivity index (χ3v) is 19.8. The Bertz CT molecular complexity index is 5850. The predicted octanol–water partition coefficient (Wildman–Crippen LogP) is 21.7. The Morgan fingerprint density at radius 3 is 0.702 bits per heavy atom. The topological polar surface area (TPSA) is 77.2 Å². The quantitative estimate of drug-likeness (QED) is 0.159. The van der Waals surface area contributed by atoms with Crippen LogP contribution in [0.5, 0.6) is 0 Å². The summed E-state index contributed by atoms with van der Waals surface area (Å²) in [5.41, 5.74) is 21.0. The second-order valence-electron chi connectivity index (χ2n) is 24.6. The van der Waals surface area contributed by atoms with Crippen molar-refractivity contribution in [2.45, 2.75) is 0 Å². The minimum absolute atomic E-state index is 0.494. The Labute approximate surface area is 537 Å². The zero-order valence-corrected chi connectivity index (χ0v) is 50.4. The molecule has 0 aliphatic heterocycles. The minimum Gasteiger partial charge on any atom is -0.309 e. The molecule has 0 amide bonds. The number of para-hydroxylation sites is 8. The molecule has 6 aromatic heterocycles. The summed E-state index contributed by atoms with van der Waals surface area (Å²) in [5.74, 6) is 0. The maximum atomic E-state index is 12.4. The summed E-state index contributed by atoms with van der Waals surface area (Å²) in [6, 6.07) is 114. The summed E-state index contributed by atoms with van der Waals surface area (Å²) in [6.45, 7) is 0. The average molecular weight is 1200 g/mol. The number of fused-ring (bicyclic) bond motifs is 18. The van der Waals surface area contributed by atoms with Crippen LogP contribution in [-0.2, 0) is 0 Å². The lowest BCUT2D eigenvalue weighted by molar-refractivity contribution is 1.11. The fourth-order valence-electron chi connectivity index (χ4n) is 15.9. The predicted molar refractivity (Wildman–Crippen MR) is 387 cm³/mol. The number of benzene rings is 14. The van der Waals surface area contributed by atoms with E-state index in [1.165, 1.54) is 43.1 Å². The van der Waals surface area contributed by atoms with Crippen LogP contribution in [-0.4, -0.2) is 27.4 Å². The van der Waals surface area contributed by atoms with Crippen molar-refractivity contribution in [3.8, 4) is 57.4 Å². The van der Waals surface area contributed by atoms with E-state index in [1.807, 2.05) is 18.2 Å². The van der Waals surface area contributed by atoms with Crippen LogP contribution in [0.3, 0.4) is 0 Å². The van der Waals surface area contributed by atoms with Gasteiger partial charge >= 0.3 is 0 Å². The first-order valence-corrected chi connectivity index (χ1v) is 31.8. The van der Waals surface area contributed by atoms with Crippen LogP contribution in [0, 0.1) is 22.7 Å². The van der Waals surface area contributed by atoms with Crippen molar-refractivity contribution in [3.63, 3.8) is 0 Å². The van der Waals surface area contributed by atoms with E-state index in [4.69, 9.17) is 0 Å². The molecule has 6 heterocycles. The maximum Gasteiger partial charge on any atom is 0.104 e. The Hall–Kier alpha value is -13.1. The lowest BCUT2D eigenvalue weighted by Gasteiger charge is -2.19. The van der Waals surface area contributed by atoms with E-state index < -0.39 is 0 Å². The van der Waals surface area contributed by atoms with Crippen molar-refractivity contribution >= 4 is 131 Å². The SMILES string of the molecule is N#Cc1cccc(-c2cc(-n3c4ccc(-n5c6ccccc6c6ccccc65)cc4c4cc(-n5c6ccccc6c6ccccc65)ccc43)c(C#N)c(-n3c4ccc(-n5c6ccccc6c6ccccc65)cc4c4cc(-n5c6ccccc6c6ccccc65)ccc43)c2)c1. The molecule has 20 rings (SSSR count).